The van der Waals surface area contributed by atoms with Crippen molar-refractivity contribution in [3.63, 3.8) is 0 Å². The molecular formula is C11H9O2-. The van der Waals surface area contributed by atoms with Gasteiger partial charge in [0.2, 0.25) is 0 Å². The first-order valence-corrected chi connectivity index (χ1v) is 3.56. The Balaban J connectivity index is 0.000000671. The van der Waals surface area contributed by atoms with Gasteiger partial charge in [-0.1, -0.05) is 36.4 Å². The van der Waals surface area contributed by atoms with Crippen molar-refractivity contribution in [1.29, 1.82) is 0 Å². The summed E-state index contributed by atoms with van der Waals surface area (Å²) in [5.74, 6) is -1.17. The lowest BCUT2D eigenvalue weighted by molar-refractivity contribution is -0.297. The van der Waals surface area contributed by atoms with E-state index in [-0.39, 0.29) is 0 Å². The fraction of sp³-hybridized carbons (Fsp3) is 0. The highest BCUT2D eigenvalue weighted by Crippen LogP contribution is 1.99. The van der Waals surface area contributed by atoms with E-state index in [0.717, 1.165) is 11.6 Å². The third-order valence-corrected chi connectivity index (χ3v) is 1.21. The highest BCUT2D eigenvalue weighted by Gasteiger charge is 1.80. The third kappa shape index (κ3) is 5.28. The number of carboxylic acids is 1. The van der Waals surface area contributed by atoms with Gasteiger partial charge in [0.15, 0.2) is 0 Å². The number of carbonyl (C=O) groups excluding carboxylic acids is 1. The largest absolute Gasteiger partial charge is 0.545 e. The summed E-state index contributed by atoms with van der Waals surface area (Å²) < 4.78 is 0. The van der Waals surface area contributed by atoms with Crippen LogP contribution in [0.15, 0.2) is 36.4 Å². The molecule has 1 rings (SSSR count). The quantitative estimate of drug-likeness (QED) is 0.488. The lowest BCUT2D eigenvalue weighted by atomic mass is 10.2. The van der Waals surface area contributed by atoms with Crippen LogP contribution in [0.1, 0.15) is 5.56 Å². The van der Waals surface area contributed by atoms with Crippen LogP contribution in [0.4, 0.5) is 0 Å². The van der Waals surface area contributed by atoms with Crippen LogP contribution in [0.25, 0.3) is 6.08 Å². The van der Waals surface area contributed by atoms with E-state index in [1.165, 1.54) is 6.08 Å². The number of carbonyl (C=O) groups is 1. The zero-order chi connectivity index (χ0) is 10.1. The van der Waals surface area contributed by atoms with Crippen LogP contribution in [0.3, 0.4) is 0 Å². The van der Waals surface area contributed by atoms with Crippen LogP contribution >= 0.6 is 0 Å². The lowest BCUT2D eigenvalue weighted by Gasteiger charge is -1.91. The molecule has 0 aromatic heterocycles. The van der Waals surface area contributed by atoms with E-state index in [1.54, 1.807) is 0 Å². The smallest absolute Gasteiger partial charge is 0.0643 e. The first-order chi connectivity index (χ1) is 6.29. The average molecular weight is 173 g/mol. The fourth-order valence-corrected chi connectivity index (χ4v) is 0.728. The number of aliphatic carboxylic acids is 1. The van der Waals surface area contributed by atoms with Gasteiger partial charge in [0, 0.05) is 0 Å². The molecule has 0 atom stereocenters. The second-order valence-corrected chi connectivity index (χ2v) is 2.06. The number of hydrogen-bond donors (Lipinski definition) is 0. The Bertz CT molecular complexity index is 296. The van der Waals surface area contributed by atoms with Crippen LogP contribution in [-0.2, 0) is 4.79 Å². The Kier molecular flexibility index (Phi) is 5.65. The van der Waals surface area contributed by atoms with Crippen LogP contribution in [-0.4, -0.2) is 5.97 Å². The van der Waals surface area contributed by atoms with Crippen LogP contribution in [0.2, 0.25) is 0 Å². The van der Waals surface area contributed by atoms with Gasteiger partial charge in [0.25, 0.3) is 0 Å². The van der Waals surface area contributed by atoms with Crippen molar-refractivity contribution in [2.75, 3.05) is 0 Å². The summed E-state index contributed by atoms with van der Waals surface area (Å²) in [6, 6.07) is 9.19. The van der Waals surface area contributed by atoms with Gasteiger partial charge in [-0.3, -0.25) is 0 Å². The van der Waals surface area contributed by atoms with Gasteiger partial charge in [-0.25, -0.2) is 0 Å². The van der Waals surface area contributed by atoms with Crippen LogP contribution in [0, 0.1) is 12.8 Å². The molecule has 0 saturated carbocycles. The molecule has 0 spiro atoms. The number of terminal acetylenes is 1. The van der Waals surface area contributed by atoms with E-state index >= 15 is 0 Å². The van der Waals surface area contributed by atoms with Gasteiger partial charge in [0.1, 0.15) is 0 Å². The maximum absolute atomic E-state index is 9.97. The number of benzene rings is 1. The minimum absolute atomic E-state index is 0.858. The SMILES string of the molecule is C#C.O=C([O-])/C=C/c1ccccc1. The fourth-order valence-electron chi connectivity index (χ4n) is 0.728. The summed E-state index contributed by atoms with van der Waals surface area (Å²) in [7, 11) is 0. The van der Waals surface area contributed by atoms with Gasteiger partial charge < -0.3 is 9.90 Å². The van der Waals surface area contributed by atoms with Gasteiger partial charge in [-0.2, -0.15) is 0 Å². The van der Waals surface area contributed by atoms with Crippen LogP contribution in [0.5, 0.6) is 0 Å². The molecule has 13 heavy (non-hydrogen) atoms. The molecule has 0 heterocycles. The van der Waals surface area contributed by atoms with Crippen molar-refractivity contribution in [2.24, 2.45) is 0 Å². The maximum atomic E-state index is 9.97. The Morgan fingerprint density at radius 1 is 1.23 bits per heavy atom. The second kappa shape index (κ2) is 6.68. The molecule has 2 nitrogen and oxygen atoms in total. The molecule has 0 fully saturated rings. The van der Waals surface area contributed by atoms with Gasteiger partial charge in [-0.05, 0) is 11.6 Å². The van der Waals surface area contributed by atoms with Crippen molar-refractivity contribution in [2.45, 2.75) is 0 Å². The van der Waals surface area contributed by atoms with Gasteiger partial charge in [-0.15, -0.1) is 12.8 Å². The van der Waals surface area contributed by atoms with E-state index in [0.29, 0.717) is 0 Å². The van der Waals surface area contributed by atoms with Crippen molar-refractivity contribution in [1.82, 2.24) is 0 Å². The number of hydrogen-bond acceptors (Lipinski definition) is 2. The topological polar surface area (TPSA) is 40.1 Å². The first kappa shape index (κ1) is 11.0. The second-order valence-electron chi connectivity index (χ2n) is 2.06. The normalized spacial score (nSPS) is 8.77. The Hall–Kier alpha value is -2.01. The lowest BCUT2D eigenvalue weighted by Crippen LogP contribution is -2.18. The van der Waals surface area contributed by atoms with E-state index in [9.17, 15) is 9.90 Å². The molecule has 0 unspecified atom stereocenters. The standard InChI is InChI=1S/C9H8O2.C2H2/c10-9(11)7-6-8-4-2-1-3-5-8;1-2/h1-7H,(H,10,11);1-2H/p-1/b7-6+;. The van der Waals surface area contributed by atoms with Crippen molar-refractivity contribution in [3.8, 4) is 12.8 Å². The molecule has 0 radical (unpaired) electrons. The predicted octanol–water partition coefficient (Wildman–Crippen LogP) is 0.699. The first-order valence-electron chi connectivity index (χ1n) is 3.56. The van der Waals surface area contributed by atoms with E-state index < -0.39 is 5.97 Å². The van der Waals surface area contributed by atoms with E-state index in [1.807, 2.05) is 30.3 Å². The summed E-state index contributed by atoms with van der Waals surface area (Å²) in [5.41, 5.74) is 0.858. The maximum Gasteiger partial charge on any atom is 0.0643 e. The third-order valence-electron chi connectivity index (χ3n) is 1.21. The summed E-state index contributed by atoms with van der Waals surface area (Å²) in [6.07, 6.45) is 10.5. The summed E-state index contributed by atoms with van der Waals surface area (Å²) in [5, 5.41) is 9.97. The van der Waals surface area contributed by atoms with Crippen LogP contribution < -0.4 is 5.11 Å². The molecule has 0 amide bonds. The predicted molar refractivity (Wildman–Crippen MR) is 50.4 cm³/mol. The Morgan fingerprint density at radius 2 is 1.77 bits per heavy atom. The molecule has 0 N–H and O–H groups in total. The molecule has 1 aromatic rings. The molecular weight excluding hydrogens is 164 g/mol. The van der Waals surface area contributed by atoms with Crippen molar-refractivity contribution >= 4 is 12.0 Å². The average Bonchev–Trinajstić information content (AvgIpc) is 2.19. The van der Waals surface area contributed by atoms with E-state index in [4.69, 9.17) is 0 Å². The van der Waals surface area contributed by atoms with Gasteiger partial charge >= 0.3 is 0 Å². The zero-order valence-electron chi connectivity index (χ0n) is 7.01. The van der Waals surface area contributed by atoms with Gasteiger partial charge in [0.05, 0.1) is 5.97 Å². The minimum atomic E-state index is -1.17. The molecule has 0 aliphatic rings. The molecule has 1 aromatic carbocycles. The Labute approximate surface area is 77.5 Å². The molecule has 0 aliphatic carbocycles. The highest BCUT2D eigenvalue weighted by atomic mass is 16.4. The molecule has 0 bridgehead atoms. The minimum Gasteiger partial charge on any atom is -0.545 e. The molecule has 0 aliphatic heterocycles. The number of rotatable bonds is 2. The highest BCUT2D eigenvalue weighted by molar-refractivity contribution is 5.83. The molecule has 0 saturated heterocycles. The summed E-state index contributed by atoms with van der Waals surface area (Å²) in [4.78, 5) is 9.97. The monoisotopic (exact) mass is 173 g/mol. The number of carboxylic acid groups (broad SMARTS) is 1. The van der Waals surface area contributed by atoms with Crippen molar-refractivity contribution in [3.05, 3.63) is 42.0 Å². The molecule has 66 valence electrons. The Morgan fingerprint density at radius 3 is 2.23 bits per heavy atom. The zero-order valence-corrected chi connectivity index (χ0v) is 7.01. The summed E-state index contributed by atoms with van der Waals surface area (Å²) in [6.45, 7) is 0. The van der Waals surface area contributed by atoms with Crippen molar-refractivity contribution < 1.29 is 9.90 Å². The van der Waals surface area contributed by atoms with E-state index in [2.05, 4.69) is 12.8 Å². The molecule has 2 heteroatoms. The summed E-state index contributed by atoms with van der Waals surface area (Å²) >= 11 is 0.